The normalized spacial score (nSPS) is 30.7. The molecule has 1 aromatic carbocycles. The van der Waals surface area contributed by atoms with Crippen molar-refractivity contribution in [2.24, 2.45) is 29.6 Å². The molecule has 5 atom stereocenters. The molecule has 146 valence electrons. The van der Waals surface area contributed by atoms with Gasteiger partial charge in [-0.2, -0.15) is 0 Å². The molecule has 0 amide bonds. The fraction of sp³-hybridized carbons (Fsp3) is 0.545. The molecule has 3 saturated carbocycles. The fourth-order valence-electron chi connectivity index (χ4n) is 5.48. The van der Waals surface area contributed by atoms with Crippen molar-refractivity contribution in [1.29, 1.82) is 0 Å². The summed E-state index contributed by atoms with van der Waals surface area (Å²) < 4.78 is 0. The number of fused-ring (bicyclic) bond motifs is 2. The molecule has 4 rings (SSSR count). The van der Waals surface area contributed by atoms with Crippen molar-refractivity contribution in [3.8, 4) is 0 Å². The third-order valence-corrected chi connectivity index (χ3v) is 6.47. The zero-order valence-corrected chi connectivity index (χ0v) is 15.6. The molecule has 0 saturated heterocycles. The van der Waals surface area contributed by atoms with Crippen LogP contribution in [0.4, 0.5) is 0 Å². The highest BCUT2D eigenvalue weighted by atomic mass is 16.4. The third-order valence-electron chi connectivity index (χ3n) is 6.47. The van der Waals surface area contributed by atoms with Gasteiger partial charge in [0.15, 0.2) is 0 Å². The molecule has 1 aromatic rings. The Hall–Kier alpha value is -2.14. The summed E-state index contributed by atoms with van der Waals surface area (Å²) in [6, 6.07) is 10.8. The zero-order chi connectivity index (χ0) is 19.2. The largest absolute Gasteiger partial charge is 0.478 e. The van der Waals surface area contributed by atoms with E-state index in [9.17, 15) is 9.59 Å². The average Bonchev–Trinajstić information content (AvgIpc) is 2.87. The topological polar surface area (TPSA) is 86.6 Å². The highest BCUT2D eigenvalue weighted by Crippen LogP contribution is 2.57. The van der Waals surface area contributed by atoms with E-state index in [1.807, 2.05) is 0 Å². The summed E-state index contributed by atoms with van der Waals surface area (Å²) in [7, 11) is 0. The molecule has 3 N–H and O–H groups in total. The minimum absolute atomic E-state index is 0.558. The van der Waals surface area contributed by atoms with Gasteiger partial charge in [0.2, 0.25) is 0 Å². The Morgan fingerprint density at radius 1 is 0.963 bits per heavy atom. The second kappa shape index (κ2) is 9.18. The van der Waals surface area contributed by atoms with Gasteiger partial charge < -0.3 is 15.5 Å². The average molecular weight is 371 g/mol. The maximum absolute atomic E-state index is 9.55. The second-order valence-electron chi connectivity index (χ2n) is 8.12. The Morgan fingerprint density at radius 3 is 2.26 bits per heavy atom. The van der Waals surface area contributed by atoms with Crippen LogP contribution in [0.15, 0.2) is 42.5 Å². The Labute approximate surface area is 160 Å². The van der Waals surface area contributed by atoms with Crippen molar-refractivity contribution in [1.82, 2.24) is 5.32 Å². The Kier molecular flexibility index (Phi) is 6.67. The molecule has 0 heterocycles. The number of benzene rings is 1. The lowest BCUT2D eigenvalue weighted by atomic mass is 9.64. The van der Waals surface area contributed by atoms with Crippen LogP contribution in [0.25, 0.3) is 0 Å². The Balaban J connectivity index is 0.000000226. The Morgan fingerprint density at radius 2 is 1.59 bits per heavy atom. The summed E-state index contributed by atoms with van der Waals surface area (Å²) in [5.74, 6) is 2.78. The van der Waals surface area contributed by atoms with Crippen molar-refractivity contribution in [3.05, 3.63) is 48.0 Å². The van der Waals surface area contributed by atoms with Gasteiger partial charge in [0.05, 0.1) is 0 Å². The maximum Gasteiger partial charge on any atom is 0.328 e. The summed E-state index contributed by atoms with van der Waals surface area (Å²) in [5, 5.41) is 19.4. The number of hydrogen-bond acceptors (Lipinski definition) is 3. The van der Waals surface area contributed by atoms with Crippen molar-refractivity contribution >= 4 is 11.9 Å². The van der Waals surface area contributed by atoms with Crippen LogP contribution in [0.2, 0.25) is 0 Å². The van der Waals surface area contributed by atoms with Crippen LogP contribution in [0.5, 0.6) is 0 Å². The summed E-state index contributed by atoms with van der Waals surface area (Å²) >= 11 is 0. The Bertz CT molecular complexity index is 656. The first-order chi connectivity index (χ1) is 13.0. The summed E-state index contributed by atoms with van der Waals surface area (Å²) in [4.78, 5) is 19.1. The molecule has 5 heteroatoms. The number of aliphatic carboxylic acids is 2. The SMILES string of the molecule is O=C(O)C=CC(=O)O.c1ccc(CNCC2C3CCC4CC(C3)CC42)cc1. The van der Waals surface area contributed by atoms with E-state index in [4.69, 9.17) is 10.2 Å². The predicted molar refractivity (Wildman–Crippen MR) is 103 cm³/mol. The number of rotatable bonds is 6. The summed E-state index contributed by atoms with van der Waals surface area (Å²) in [6.07, 6.45) is 8.85. The van der Waals surface area contributed by atoms with Gasteiger partial charge in [-0.25, -0.2) is 9.59 Å². The minimum atomic E-state index is -1.26. The van der Waals surface area contributed by atoms with Gasteiger partial charge in [0.25, 0.3) is 0 Å². The molecule has 0 aromatic heterocycles. The van der Waals surface area contributed by atoms with Crippen LogP contribution in [0.1, 0.15) is 37.7 Å². The lowest BCUT2D eigenvalue weighted by molar-refractivity contribution is -0.134. The fourth-order valence-corrected chi connectivity index (χ4v) is 5.48. The lowest BCUT2D eigenvalue weighted by Crippen LogP contribution is -2.40. The van der Waals surface area contributed by atoms with Gasteiger partial charge in [0, 0.05) is 18.7 Å². The number of nitrogens with one attached hydrogen (secondary N) is 1. The van der Waals surface area contributed by atoms with Crippen molar-refractivity contribution in [3.63, 3.8) is 0 Å². The molecular weight excluding hydrogens is 342 g/mol. The van der Waals surface area contributed by atoms with Crippen LogP contribution in [0, 0.1) is 29.6 Å². The quantitative estimate of drug-likeness (QED) is 0.666. The van der Waals surface area contributed by atoms with Gasteiger partial charge in [0.1, 0.15) is 0 Å². The summed E-state index contributed by atoms with van der Waals surface area (Å²) in [6.45, 7) is 2.30. The standard InChI is InChI=1S/C18H25N.C4H4O4/c1-2-4-13(5-3-1)11-19-12-18-16-7-6-15-8-14(9-16)10-17(15)18;5-3(6)1-2-4(7)8/h1-5,14-19H,6-12H2;1-2H,(H,5,6)(H,7,8). The lowest BCUT2D eigenvalue weighted by Gasteiger charge is -2.42. The van der Waals surface area contributed by atoms with E-state index in [2.05, 4.69) is 35.6 Å². The van der Waals surface area contributed by atoms with Gasteiger partial charge in [-0.3, -0.25) is 0 Å². The first kappa shape index (κ1) is 19.6. The van der Waals surface area contributed by atoms with Crippen LogP contribution in [0.3, 0.4) is 0 Å². The van der Waals surface area contributed by atoms with E-state index in [0.29, 0.717) is 12.2 Å². The van der Waals surface area contributed by atoms with Gasteiger partial charge in [-0.15, -0.1) is 0 Å². The molecule has 5 nitrogen and oxygen atoms in total. The predicted octanol–water partition coefficient (Wildman–Crippen LogP) is 3.56. The van der Waals surface area contributed by atoms with Crippen LogP contribution in [-0.4, -0.2) is 28.7 Å². The zero-order valence-electron chi connectivity index (χ0n) is 15.6. The van der Waals surface area contributed by atoms with E-state index >= 15 is 0 Å². The summed E-state index contributed by atoms with van der Waals surface area (Å²) in [5.41, 5.74) is 1.42. The molecular formula is C22H29NO4. The number of carboxylic acids is 2. The highest BCUT2D eigenvalue weighted by Gasteiger charge is 2.49. The molecule has 0 spiro atoms. The molecule has 0 aliphatic heterocycles. The van der Waals surface area contributed by atoms with E-state index in [-0.39, 0.29) is 0 Å². The van der Waals surface area contributed by atoms with Crippen LogP contribution >= 0.6 is 0 Å². The van der Waals surface area contributed by atoms with E-state index < -0.39 is 11.9 Å². The van der Waals surface area contributed by atoms with E-state index in [1.54, 1.807) is 25.7 Å². The molecule has 3 fully saturated rings. The molecule has 3 aliphatic rings. The molecule has 0 radical (unpaired) electrons. The first-order valence-corrected chi connectivity index (χ1v) is 9.91. The van der Waals surface area contributed by atoms with Gasteiger partial charge >= 0.3 is 11.9 Å². The first-order valence-electron chi connectivity index (χ1n) is 9.91. The minimum Gasteiger partial charge on any atom is -0.478 e. The van der Waals surface area contributed by atoms with E-state index in [0.717, 1.165) is 36.1 Å². The third kappa shape index (κ3) is 5.42. The molecule has 5 unspecified atom stereocenters. The monoisotopic (exact) mass is 371 g/mol. The maximum atomic E-state index is 9.55. The second-order valence-corrected chi connectivity index (χ2v) is 8.12. The van der Waals surface area contributed by atoms with Crippen molar-refractivity contribution in [2.75, 3.05) is 6.54 Å². The van der Waals surface area contributed by atoms with E-state index in [1.165, 1.54) is 18.5 Å². The number of hydrogen-bond donors (Lipinski definition) is 3. The number of carbonyl (C=O) groups is 2. The van der Waals surface area contributed by atoms with Crippen molar-refractivity contribution in [2.45, 2.75) is 38.6 Å². The van der Waals surface area contributed by atoms with Crippen LogP contribution < -0.4 is 5.32 Å². The van der Waals surface area contributed by atoms with Crippen LogP contribution in [-0.2, 0) is 16.1 Å². The van der Waals surface area contributed by atoms with Gasteiger partial charge in [-0.05, 0) is 73.8 Å². The number of carboxylic acid groups (broad SMARTS) is 2. The highest BCUT2D eigenvalue weighted by molar-refractivity contribution is 5.89. The van der Waals surface area contributed by atoms with Crippen molar-refractivity contribution < 1.29 is 19.8 Å². The molecule has 3 aliphatic carbocycles. The van der Waals surface area contributed by atoms with Gasteiger partial charge in [-0.1, -0.05) is 30.3 Å². The molecule has 27 heavy (non-hydrogen) atoms. The smallest absolute Gasteiger partial charge is 0.328 e. The molecule has 3 bridgehead atoms.